The largest absolute Gasteiger partial charge is 0.371 e. The minimum Gasteiger partial charge on any atom is -0.371 e. The van der Waals surface area contributed by atoms with Crippen LogP contribution in [-0.4, -0.2) is 38.7 Å². The molecule has 0 aromatic heterocycles. The summed E-state index contributed by atoms with van der Waals surface area (Å²) in [5, 5.41) is 6.68. The molecule has 1 aliphatic rings. The van der Waals surface area contributed by atoms with Crippen LogP contribution in [0, 0.1) is 17.5 Å². The molecule has 3 rings (SSSR count). The van der Waals surface area contributed by atoms with Gasteiger partial charge in [-0.15, -0.1) is 0 Å². The minimum atomic E-state index is -0.837. The molecule has 0 spiro atoms. The van der Waals surface area contributed by atoms with Gasteiger partial charge in [0.05, 0.1) is 0 Å². The van der Waals surface area contributed by atoms with Gasteiger partial charge in [0.2, 0.25) is 0 Å². The van der Waals surface area contributed by atoms with Gasteiger partial charge in [-0.25, -0.2) is 13.2 Å². The summed E-state index contributed by atoms with van der Waals surface area (Å²) in [5.74, 6) is -1.21. The summed E-state index contributed by atoms with van der Waals surface area (Å²) in [4.78, 5) is 6.45. The fourth-order valence-corrected chi connectivity index (χ4v) is 3.53. The average molecular weight is 404 g/mol. The molecule has 1 fully saturated rings. The Kier molecular flexibility index (Phi) is 7.01. The lowest BCUT2D eigenvalue weighted by molar-refractivity contribution is 0.460. The maximum absolute atomic E-state index is 13.4. The first-order valence-electron chi connectivity index (χ1n) is 9.89. The predicted octanol–water partition coefficient (Wildman–Crippen LogP) is 4.04. The number of benzene rings is 2. The first kappa shape index (κ1) is 21.0. The average Bonchev–Trinajstić information content (AvgIpc) is 2.73. The number of aliphatic imine (C=N–C) groups is 1. The van der Waals surface area contributed by atoms with Gasteiger partial charge in [-0.05, 0) is 54.7 Å². The summed E-state index contributed by atoms with van der Waals surface area (Å²) in [6.45, 7) is 4.17. The third kappa shape index (κ3) is 5.65. The van der Waals surface area contributed by atoms with E-state index in [1.165, 1.54) is 12.1 Å². The summed E-state index contributed by atoms with van der Waals surface area (Å²) in [6, 6.07) is 10.9. The van der Waals surface area contributed by atoms with E-state index < -0.39 is 11.6 Å². The number of piperidine rings is 1. The van der Waals surface area contributed by atoms with Crippen molar-refractivity contribution in [2.24, 2.45) is 4.99 Å². The lowest BCUT2D eigenvalue weighted by atomic mass is 10.0. The van der Waals surface area contributed by atoms with E-state index in [0.29, 0.717) is 12.5 Å². The van der Waals surface area contributed by atoms with E-state index in [1.54, 1.807) is 25.2 Å². The molecule has 0 bridgehead atoms. The highest BCUT2D eigenvalue weighted by Crippen LogP contribution is 2.21. The molecule has 0 saturated carbocycles. The van der Waals surface area contributed by atoms with Crippen molar-refractivity contribution in [3.63, 3.8) is 0 Å². The second-order valence-electron chi connectivity index (χ2n) is 7.41. The van der Waals surface area contributed by atoms with Crippen molar-refractivity contribution in [1.82, 2.24) is 10.6 Å². The highest BCUT2D eigenvalue weighted by atomic mass is 19.2. The Balaban J connectivity index is 1.47. The fraction of sp³-hybridized carbons (Fsp3) is 0.409. The number of anilines is 1. The standard InChI is InChI=1S/C22H27F3N4/c1-15(16-6-7-20(24)21(25)12-16)14-27-22(26-2)28-18-8-10-29(11-9-18)19-5-3-4-17(23)13-19/h3-7,12-13,15,18H,8-11,14H2,1-2H3,(H2,26,27,28). The monoisotopic (exact) mass is 404 g/mol. The van der Waals surface area contributed by atoms with Crippen LogP contribution in [0.15, 0.2) is 47.5 Å². The van der Waals surface area contributed by atoms with Crippen molar-refractivity contribution in [3.05, 3.63) is 65.5 Å². The molecule has 156 valence electrons. The SMILES string of the molecule is CN=C(NCC(C)c1ccc(F)c(F)c1)NC1CCN(c2cccc(F)c2)CC1. The minimum absolute atomic E-state index is 0.00141. The van der Waals surface area contributed by atoms with E-state index >= 15 is 0 Å². The molecule has 0 radical (unpaired) electrons. The van der Waals surface area contributed by atoms with Crippen molar-refractivity contribution in [2.75, 3.05) is 31.6 Å². The molecule has 1 aliphatic heterocycles. The summed E-state index contributed by atoms with van der Waals surface area (Å²) >= 11 is 0. The fourth-order valence-electron chi connectivity index (χ4n) is 3.53. The summed E-state index contributed by atoms with van der Waals surface area (Å²) in [5.41, 5.74) is 1.64. The smallest absolute Gasteiger partial charge is 0.191 e. The molecule has 0 amide bonds. The molecule has 29 heavy (non-hydrogen) atoms. The van der Waals surface area contributed by atoms with E-state index in [2.05, 4.69) is 20.5 Å². The van der Waals surface area contributed by atoms with Crippen LogP contribution >= 0.6 is 0 Å². The van der Waals surface area contributed by atoms with Crippen LogP contribution in [0.25, 0.3) is 0 Å². The molecule has 1 heterocycles. The van der Waals surface area contributed by atoms with Gasteiger partial charge in [0.15, 0.2) is 17.6 Å². The highest BCUT2D eigenvalue weighted by molar-refractivity contribution is 5.80. The lowest BCUT2D eigenvalue weighted by Gasteiger charge is -2.34. The Morgan fingerprint density at radius 1 is 1.10 bits per heavy atom. The summed E-state index contributed by atoms with van der Waals surface area (Å²) < 4.78 is 40.0. The third-order valence-corrected chi connectivity index (χ3v) is 5.32. The number of guanidine groups is 1. The van der Waals surface area contributed by atoms with Crippen molar-refractivity contribution in [1.29, 1.82) is 0 Å². The third-order valence-electron chi connectivity index (χ3n) is 5.32. The van der Waals surface area contributed by atoms with Crippen LogP contribution in [0.4, 0.5) is 18.9 Å². The van der Waals surface area contributed by atoms with Crippen LogP contribution in [0.1, 0.15) is 31.2 Å². The molecule has 4 nitrogen and oxygen atoms in total. The second-order valence-corrected chi connectivity index (χ2v) is 7.41. The van der Waals surface area contributed by atoms with Crippen LogP contribution in [0.5, 0.6) is 0 Å². The number of hydrogen-bond donors (Lipinski definition) is 2. The van der Waals surface area contributed by atoms with Gasteiger partial charge in [0, 0.05) is 38.4 Å². The van der Waals surface area contributed by atoms with Gasteiger partial charge in [-0.1, -0.05) is 19.1 Å². The zero-order valence-corrected chi connectivity index (χ0v) is 16.8. The molecule has 7 heteroatoms. The first-order chi connectivity index (χ1) is 14.0. The van der Waals surface area contributed by atoms with Gasteiger partial charge in [0.25, 0.3) is 0 Å². The van der Waals surface area contributed by atoms with E-state index in [9.17, 15) is 13.2 Å². The van der Waals surface area contributed by atoms with Crippen molar-refractivity contribution in [2.45, 2.75) is 31.7 Å². The van der Waals surface area contributed by atoms with E-state index in [4.69, 9.17) is 0 Å². The Labute approximate surface area is 169 Å². The second kappa shape index (κ2) is 9.67. The van der Waals surface area contributed by atoms with Gasteiger partial charge < -0.3 is 15.5 Å². The Morgan fingerprint density at radius 3 is 2.52 bits per heavy atom. The van der Waals surface area contributed by atoms with Gasteiger partial charge in [-0.2, -0.15) is 0 Å². The van der Waals surface area contributed by atoms with Crippen molar-refractivity contribution >= 4 is 11.6 Å². The molecule has 2 aromatic rings. The zero-order chi connectivity index (χ0) is 20.8. The predicted molar refractivity (Wildman–Crippen MR) is 111 cm³/mol. The topological polar surface area (TPSA) is 39.7 Å². The number of hydrogen-bond acceptors (Lipinski definition) is 2. The van der Waals surface area contributed by atoms with E-state index in [0.717, 1.165) is 43.2 Å². The molecule has 0 aliphatic carbocycles. The zero-order valence-electron chi connectivity index (χ0n) is 16.8. The Bertz CT molecular complexity index is 848. The molecular weight excluding hydrogens is 377 g/mol. The van der Waals surface area contributed by atoms with Crippen LogP contribution < -0.4 is 15.5 Å². The maximum atomic E-state index is 13.4. The highest BCUT2D eigenvalue weighted by Gasteiger charge is 2.20. The number of nitrogens with one attached hydrogen (secondary N) is 2. The van der Waals surface area contributed by atoms with Crippen LogP contribution in [-0.2, 0) is 0 Å². The van der Waals surface area contributed by atoms with Crippen LogP contribution in [0.3, 0.4) is 0 Å². The lowest BCUT2D eigenvalue weighted by Crippen LogP contribution is -2.49. The molecule has 1 unspecified atom stereocenters. The molecule has 2 N–H and O–H groups in total. The van der Waals surface area contributed by atoms with Crippen molar-refractivity contribution in [3.8, 4) is 0 Å². The maximum Gasteiger partial charge on any atom is 0.191 e. The number of halogens is 3. The quantitative estimate of drug-likeness (QED) is 0.584. The van der Waals surface area contributed by atoms with Gasteiger partial charge in [-0.3, -0.25) is 4.99 Å². The summed E-state index contributed by atoms with van der Waals surface area (Å²) in [6.07, 6.45) is 1.83. The normalized spacial score (nSPS) is 16.6. The first-order valence-corrected chi connectivity index (χ1v) is 9.89. The number of rotatable bonds is 5. The number of nitrogens with zero attached hydrogens (tertiary/aromatic N) is 2. The van der Waals surface area contributed by atoms with E-state index in [-0.39, 0.29) is 17.8 Å². The van der Waals surface area contributed by atoms with Gasteiger partial charge >= 0.3 is 0 Å². The van der Waals surface area contributed by atoms with Crippen molar-refractivity contribution < 1.29 is 13.2 Å². The molecular formula is C22H27F3N4. The van der Waals surface area contributed by atoms with E-state index in [1.807, 2.05) is 13.0 Å². The molecule has 2 aromatic carbocycles. The molecule has 1 atom stereocenters. The molecule has 1 saturated heterocycles. The Hall–Kier alpha value is -2.70. The van der Waals surface area contributed by atoms with Gasteiger partial charge in [0.1, 0.15) is 5.82 Å². The Morgan fingerprint density at radius 2 is 1.86 bits per heavy atom. The summed E-state index contributed by atoms with van der Waals surface area (Å²) in [7, 11) is 1.71. The van der Waals surface area contributed by atoms with Crippen LogP contribution in [0.2, 0.25) is 0 Å².